The van der Waals surface area contributed by atoms with E-state index in [0.29, 0.717) is 16.1 Å². The van der Waals surface area contributed by atoms with E-state index in [4.69, 9.17) is 28.6 Å². The quantitative estimate of drug-likeness (QED) is 0.652. The Morgan fingerprint density at radius 3 is 2.22 bits per heavy atom. The second-order valence-corrected chi connectivity index (χ2v) is 8.30. The van der Waals surface area contributed by atoms with Crippen LogP contribution < -0.4 is 4.74 Å². The van der Waals surface area contributed by atoms with Gasteiger partial charge in [0.05, 0.1) is 0 Å². The lowest BCUT2D eigenvalue weighted by Gasteiger charge is -2.33. The molecule has 1 aliphatic rings. The van der Waals surface area contributed by atoms with Crippen LogP contribution in [0.25, 0.3) is 0 Å². The molecule has 27 heavy (non-hydrogen) atoms. The Kier molecular flexibility index (Phi) is 7.11. The molecular formula is C22H27ClN2OS. The second-order valence-electron chi connectivity index (χ2n) is 7.51. The van der Waals surface area contributed by atoms with Crippen LogP contribution >= 0.6 is 23.8 Å². The van der Waals surface area contributed by atoms with Gasteiger partial charge in [-0.3, -0.25) is 0 Å². The lowest BCUT2D eigenvalue weighted by atomic mass is 9.90. The maximum absolute atomic E-state index is 5.91. The van der Waals surface area contributed by atoms with E-state index in [1.807, 2.05) is 24.3 Å². The molecule has 3 nitrogen and oxygen atoms in total. The first-order chi connectivity index (χ1) is 13.0. The predicted molar refractivity (Wildman–Crippen MR) is 117 cm³/mol. The van der Waals surface area contributed by atoms with Gasteiger partial charge in [-0.15, -0.1) is 0 Å². The van der Waals surface area contributed by atoms with Crippen LogP contribution in [0.5, 0.6) is 5.75 Å². The van der Waals surface area contributed by atoms with Crippen molar-refractivity contribution in [2.24, 2.45) is 5.92 Å². The van der Waals surface area contributed by atoms with Crippen LogP contribution in [0.2, 0.25) is 5.02 Å². The molecule has 0 amide bonds. The Morgan fingerprint density at radius 1 is 1.04 bits per heavy atom. The number of thiocarbonyl (C=S) groups is 1. The zero-order valence-electron chi connectivity index (χ0n) is 16.0. The first-order valence-corrected chi connectivity index (χ1v) is 10.2. The Balaban J connectivity index is 1.45. The third-order valence-corrected chi connectivity index (χ3v) is 5.53. The maximum Gasteiger partial charge on any atom is 0.264 e. The number of hydrogen-bond acceptors (Lipinski definition) is 3. The monoisotopic (exact) mass is 402 g/mol. The van der Waals surface area contributed by atoms with Crippen molar-refractivity contribution in [3.63, 3.8) is 0 Å². The van der Waals surface area contributed by atoms with Gasteiger partial charge in [-0.05, 0) is 86.9 Å². The molecule has 0 spiro atoms. The third-order valence-electron chi connectivity index (χ3n) is 4.94. The highest BCUT2D eigenvalue weighted by molar-refractivity contribution is 7.80. The number of rotatable bonds is 5. The van der Waals surface area contributed by atoms with Gasteiger partial charge in [-0.1, -0.05) is 35.9 Å². The molecule has 1 heterocycles. The molecule has 0 atom stereocenters. The van der Waals surface area contributed by atoms with Crippen LogP contribution in [0.15, 0.2) is 48.5 Å². The average Bonchev–Trinajstić information content (AvgIpc) is 2.65. The Bertz CT molecular complexity index is 738. The number of likely N-dealkylation sites (tertiary alicyclic amines) is 1. The van der Waals surface area contributed by atoms with Gasteiger partial charge in [0.2, 0.25) is 0 Å². The van der Waals surface area contributed by atoms with Gasteiger partial charge >= 0.3 is 0 Å². The van der Waals surface area contributed by atoms with E-state index in [0.717, 1.165) is 44.6 Å². The van der Waals surface area contributed by atoms with Crippen LogP contribution in [-0.2, 0) is 13.0 Å². The number of benzene rings is 2. The molecule has 2 aromatic rings. The van der Waals surface area contributed by atoms with E-state index >= 15 is 0 Å². The molecule has 1 aliphatic heterocycles. The summed E-state index contributed by atoms with van der Waals surface area (Å²) in [5.74, 6) is 1.45. The summed E-state index contributed by atoms with van der Waals surface area (Å²) < 4.78 is 5.80. The standard InChI is InChI=1S/C22H27ClN2OS/c1-24(2)16-19-5-3-17(4-6-19)15-18-11-13-25(14-12-18)22(27)26-21-9-7-20(23)8-10-21/h3-10,18H,11-16H2,1-2H3. The minimum Gasteiger partial charge on any atom is -0.432 e. The van der Waals surface area contributed by atoms with E-state index in [-0.39, 0.29) is 0 Å². The molecule has 0 radical (unpaired) electrons. The molecule has 0 aromatic heterocycles. The zero-order chi connectivity index (χ0) is 19.2. The number of nitrogens with zero attached hydrogens (tertiary/aromatic N) is 2. The van der Waals surface area contributed by atoms with E-state index in [2.05, 4.69) is 48.2 Å². The van der Waals surface area contributed by atoms with Crippen LogP contribution in [0.3, 0.4) is 0 Å². The van der Waals surface area contributed by atoms with E-state index < -0.39 is 0 Å². The van der Waals surface area contributed by atoms with Gasteiger partial charge in [-0.2, -0.15) is 0 Å². The average molecular weight is 403 g/mol. The SMILES string of the molecule is CN(C)Cc1ccc(CC2CCN(C(=S)Oc3ccc(Cl)cc3)CC2)cc1. The Morgan fingerprint density at radius 2 is 1.63 bits per heavy atom. The van der Waals surface area contributed by atoms with Crippen molar-refractivity contribution in [2.75, 3.05) is 27.2 Å². The molecule has 0 N–H and O–H groups in total. The highest BCUT2D eigenvalue weighted by Crippen LogP contribution is 2.23. The number of hydrogen-bond donors (Lipinski definition) is 0. The van der Waals surface area contributed by atoms with Crippen molar-refractivity contribution in [1.82, 2.24) is 9.80 Å². The van der Waals surface area contributed by atoms with Gasteiger partial charge < -0.3 is 14.5 Å². The molecule has 2 aromatic carbocycles. The third kappa shape index (κ3) is 6.20. The van der Waals surface area contributed by atoms with Gasteiger partial charge in [0.15, 0.2) is 0 Å². The van der Waals surface area contributed by atoms with Crippen LogP contribution in [0.1, 0.15) is 24.0 Å². The summed E-state index contributed by atoms with van der Waals surface area (Å²) in [6.07, 6.45) is 3.42. The summed E-state index contributed by atoms with van der Waals surface area (Å²) in [6.45, 7) is 2.90. The van der Waals surface area contributed by atoms with E-state index in [1.165, 1.54) is 11.1 Å². The van der Waals surface area contributed by atoms with Gasteiger partial charge in [-0.25, -0.2) is 0 Å². The first kappa shape index (κ1) is 20.1. The lowest BCUT2D eigenvalue weighted by Crippen LogP contribution is -2.40. The minimum atomic E-state index is 0.559. The summed E-state index contributed by atoms with van der Waals surface area (Å²) in [5, 5.41) is 1.26. The highest BCUT2D eigenvalue weighted by Gasteiger charge is 2.22. The van der Waals surface area contributed by atoms with Crippen LogP contribution in [-0.4, -0.2) is 42.2 Å². The van der Waals surface area contributed by atoms with Crippen LogP contribution in [0.4, 0.5) is 0 Å². The largest absolute Gasteiger partial charge is 0.432 e. The van der Waals surface area contributed by atoms with E-state index in [9.17, 15) is 0 Å². The molecule has 3 rings (SSSR count). The summed E-state index contributed by atoms with van der Waals surface area (Å²) in [6, 6.07) is 16.4. The smallest absolute Gasteiger partial charge is 0.264 e. The van der Waals surface area contributed by atoms with Crippen molar-refractivity contribution in [1.29, 1.82) is 0 Å². The molecule has 1 saturated heterocycles. The summed E-state index contributed by atoms with van der Waals surface area (Å²) in [4.78, 5) is 4.36. The van der Waals surface area contributed by atoms with Gasteiger partial charge in [0.25, 0.3) is 5.17 Å². The van der Waals surface area contributed by atoms with Crippen molar-refractivity contribution in [2.45, 2.75) is 25.8 Å². The first-order valence-electron chi connectivity index (χ1n) is 9.44. The van der Waals surface area contributed by atoms with Crippen molar-refractivity contribution in [3.8, 4) is 5.75 Å². The fourth-order valence-corrected chi connectivity index (χ4v) is 3.87. The Hall–Kier alpha value is -1.62. The number of halogens is 1. The van der Waals surface area contributed by atoms with Crippen molar-refractivity contribution >= 4 is 29.0 Å². The molecule has 5 heteroatoms. The molecule has 1 fully saturated rings. The number of ether oxygens (including phenoxy) is 1. The van der Waals surface area contributed by atoms with Gasteiger partial charge in [0.1, 0.15) is 5.75 Å². The fraction of sp³-hybridized carbons (Fsp3) is 0.409. The van der Waals surface area contributed by atoms with E-state index in [1.54, 1.807) is 0 Å². The zero-order valence-corrected chi connectivity index (χ0v) is 17.6. The van der Waals surface area contributed by atoms with Crippen LogP contribution in [0, 0.1) is 5.92 Å². The molecule has 0 aliphatic carbocycles. The molecule has 0 unspecified atom stereocenters. The normalized spacial score (nSPS) is 15.2. The minimum absolute atomic E-state index is 0.559. The Labute approximate surface area is 172 Å². The van der Waals surface area contributed by atoms with Gasteiger partial charge in [0, 0.05) is 24.7 Å². The predicted octanol–water partition coefficient (Wildman–Crippen LogP) is 5.02. The molecule has 0 bridgehead atoms. The molecule has 144 valence electrons. The van der Waals surface area contributed by atoms with Crippen molar-refractivity contribution < 1.29 is 4.74 Å². The topological polar surface area (TPSA) is 15.7 Å². The summed E-state index contributed by atoms with van der Waals surface area (Å²) >= 11 is 11.4. The van der Waals surface area contributed by atoms with Crippen molar-refractivity contribution in [3.05, 3.63) is 64.7 Å². The highest BCUT2D eigenvalue weighted by atomic mass is 35.5. The fourth-order valence-electron chi connectivity index (χ4n) is 3.47. The molecular weight excluding hydrogens is 376 g/mol. The summed E-state index contributed by atoms with van der Waals surface area (Å²) in [7, 11) is 4.20. The maximum atomic E-state index is 5.91. The lowest BCUT2D eigenvalue weighted by molar-refractivity contribution is 0.242. The molecule has 0 saturated carbocycles. The second kappa shape index (κ2) is 9.54. The summed E-state index contributed by atoms with van der Waals surface area (Å²) in [5.41, 5.74) is 2.79. The number of piperidine rings is 1.